The van der Waals surface area contributed by atoms with Crippen LogP contribution in [-0.4, -0.2) is 57.8 Å². The van der Waals surface area contributed by atoms with Crippen LogP contribution >= 0.6 is 0 Å². The van der Waals surface area contributed by atoms with E-state index in [-0.39, 0.29) is 18.1 Å². The van der Waals surface area contributed by atoms with Gasteiger partial charge in [0.1, 0.15) is 12.7 Å². The monoisotopic (exact) mass is 407 g/mol. The molecule has 1 aromatic rings. The summed E-state index contributed by atoms with van der Waals surface area (Å²) in [5, 5.41) is 2.91. The highest BCUT2D eigenvalue weighted by atomic mass is 16.5. The van der Waals surface area contributed by atoms with E-state index < -0.39 is 6.10 Å². The van der Waals surface area contributed by atoms with E-state index in [1.54, 1.807) is 14.0 Å². The van der Waals surface area contributed by atoms with Gasteiger partial charge in [-0.1, -0.05) is 6.07 Å². The molecule has 3 atom stereocenters. The van der Waals surface area contributed by atoms with E-state index in [1.165, 1.54) is 0 Å². The van der Waals surface area contributed by atoms with Crippen LogP contribution in [0.1, 0.15) is 44.6 Å². The van der Waals surface area contributed by atoms with Gasteiger partial charge in [-0.15, -0.1) is 0 Å². The van der Waals surface area contributed by atoms with Gasteiger partial charge in [0.05, 0.1) is 25.9 Å². The second-order valence-electron chi connectivity index (χ2n) is 7.61. The zero-order valence-corrected chi connectivity index (χ0v) is 17.5. The Labute approximate surface area is 173 Å². The van der Waals surface area contributed by atoms with Crippen molar-refractivity contribution in [2.24, 2.45) is 0 Å². The zero-order chi connectivity index (χ0) is 20.5. The molecule has 0 saturated carbocycles. The standard InChI is InChI=1S/C22H33NO6/c1-16(28-14-18-6-3-4-10-26-18)22(24)23-13-17-8-9-20(21(12-17)25-2)29-15-19-7-5-11-27-19/h8-9,12,16,18-19H,3-7,10-11,13-15H2,1-2H3,(H,23,24). The van der Waals surface area contributed by atoms with E-state index in [2.05, 4.69) is 5.32 Å². The Hall–Kier alpha value is -1.83. The quantitative estimate of drug-likeness (QED) is 0.643. The second-order valence-corrected chi connectivity index (χ2v) is 7.61. The molecule has 7 nitrogen and oxygen atoms in total. The van der Waals surface area contributed by atoms with E-state index in [0.717, 1.165) is 50.9 Å². The van der Waals surface area contributed by atoms with Crippen molar-refractivity contribution < 1.29 is 28.5 Å². The predicted molar refractivity (Wildman–Crippen MR) is 108 cm³/mol. The minimum absolute atomic E-state index is 0.102. The average Bonchev–Trinajstić information content (AvgIpc) is 3.29. The molecule has 3 rings (SSSR count). The third-order valence-corrected chi connectivity index (χ3v) is 5.32. The van der Waals surface area contributed by atoms with E-state index in [9.17, 15) is 4.79 Å². The summed E-state index contributed by atoms with van der Waals surface area (Å²) < 4.78 is 28.2. The Morgan fingerprint density at radius 2 is 1.86 bits per heavy atom. The van der Waals surface area contributed by atoms with Crippen LogP contribution < -0.4 is 14.8 Å². The minimum atomic E-state index is -0.517. The highest BCUT2D eigenvalue weighted by Gasteiger charge is 2.19. The number of methoxy groups -OCH3 is 1. The molecule has 0 aromatic heterocycles. The maximum atomic E-state index is 12.3. The van der Waals surface area contributed by atoms with Gasteiger partial charge in [-0.2, -0.15) is 0 Å². The predicted octanol–water partition coefficient (Wildman–Crippen LogP) is 2.84. The van der Waals surface area contributed by atoms with Crippen LogP contribution in [0.25, 0.3) is 0 Å². The highest BCUT2D eigenvalue weighted by Crippen LogP contribution is 2.29. The van der Waals surface area contributed by atoms with Crippen molar-refractivity contribution in [1.29, 1.82) is 0 Å². The Balaban J connectivity index is 1.43. The van der Waals surface area contributed by atoms with Crippen LogP contribution in [0.5, 0.6) is 11.5 Å². The van der Waals surface area contributed by atoms with E-state index >= 15 is 0 Å². The maximum absolute atomic E-state index is 12.3. The third-order valence-electron chi connectivity index (χ3n) is 5.32. The first kappa shape index (κ1) is 21.9. The van der Waals surface area contributed by atoms with Gasteiger partial charge in [0, 0.05) is 19.8 Å². The lowest BCUT2D eigenvalue weighted by molar-refractivity contribution is -0.135. The molecule has 2 saturated heterocycles. The van der Waals surface area contributed by atoms with Gasteiger partial charge in [0.2, 0.25) is 5.91 Å². The molecule has 0 bridgehead atoms. The lowest BCUT2D eigenvalue weighted by Crippen LogP contribution is -2.36. The molecular weight excluding hydrogens is 374 g/mol. The first-order valence-electron chi connectivity index (χ1n) is 10.6. The lowest BCUT2D eigenvalue weighted by atomic mass is 10.1. The first-order valence-corrected chi connectivity index (χ1v) is 10.6. The van der Waals surface area contributed by atoms with Crippen LogP contribution in [0.4, 0.5) is 0 Å². The molecule has 0 spiro atoms. The summed E-state index contributed by atoms with van der Waals surface area (Å²) in [6.07, 6.45) is 5.10. The molecule has 2 aliphatic rings. The Morgan fingerprint density at radius 3 is 2.59 bits per heavy atom. The second kappa shape index (κ2) is 11.4. The van der Waals surface area contributed by atoms with Crippen LogP contribution in [-0.2, 0) is 25.5 Å². The topological polar surface area (TPSA) is 75.3 Å². The molecule has 2 fully saturated rings. The molecular formula is C22H33NO6. The number of nitrogens with one attached hydrogen (secondary N) is 1. The van der Waals surface area contributed by atoms with Crippen molar-refractivity contribution in [2.45, 2.75) is 63.9 Å². The molecule has 29 heavy (non-hydrogen) atoms. The normalized spacial score (nSPS) is 22.8. The fraction of sp³-hybridized carbons (Fsp3) is 0.682. The molecule has 162 valence electrons. The Kier molecular flexibility index (Phi) is 8.58. The van der Waals surface area contributed by atoms with Gasteiger partial charge in [0.25, 0.3) is 0 Å². The van der Waals surface area contributed by atoms with Gasteiger partial charge in [-0.3, -0.25) is 4.79 Å². The summed E-state index contributed by atoms with van der Waals surface area (Å²) in [6, 6.07) is 5.68. The van der Waals surface area contributed by atoms with Gasteiger partial charge < -0.3 is 29.0 Å². The minimum Gasteiger partial charge on any atom is -0.493 e. The molecule has 0 radical (unpaired) electrons. The molecule has 0 aliphatic carbocycles. The molecule has 3 unspecified atom stereocenters. The molecule has 2 aliphatic heterocycles. The molecule has 7 heteroatoms. The largest absolute Gasteiger partial charge is 0.493 e. The number of amides is 1. The fourth-order valence-electron chi connectivity index (χ4n) is 3.50. The zero-order valence-electron chi connectivity index (χ0n) is 17.5. The number of benzene rings is 1. The Morgan fingerprint density at radius 1 is 1.10 bits per heavy atom. The SMILES string of the molecule is COc1cc(CNC(=O)C(C)OCC2CCCCO2)ccc1OCC1CCCO1. The van der Waals surface area contributed by atoms with Gasteiger partial charge >= 0.3 is 0 Å². The van der Waals surface area contributed by atoms with Crippen LogP contribution in [0, 0.1) is 0 Å². The van der Waals surface area contributed by atoms with Crippen molar-refractivity contribution in [3.8, 4) is 11.5 Å². The molecule has 1 aromatic carbocycles. The van der Waals surface area contributed by atoms with Crippen molar-refractivity contribution >= 4 is 5.91 Å². The van der Waals surface area contributed by atoms with E-state index in [4.69, 9.17) is 23.7 Å². The number of hydrogen-bond acceptors (Lipinski definition) is 6. The van der Waals surface area contributed by atoms with Crippen molar-refractivity contribution in [3.05, 3.63) is 23.8 Å². The summed E-state index contributed by atoms with van der Waals surface area (Å²) in [5.41, 5.74) is 0.933. The van der Waals surface area contributed by atoms with Gasteiger partial charge in [-0.05, 0) is 56.7 Å². The Bertz CT molecular complexity index is 640. The molecule has 2 heterocycles. The number of hydrogen-bond donors (Lipinski definition) is 1. The molecule has 1 amide bonds. The number of carbonyl (C=O) groups is 1. The highest BCUT2D eigenvalue weighted by molar-refractivity contribution is 5.80. The van der Waals surface area contributed by atoms with E-state index in [0.29, 0.717) is 31.3 Å². The summed E-state index contributed by atoms with van der Waals surface area (Å²) in [6.45, 7) is 4.73. The van der Waals surface area contributed by atoms with Gasteiger partial charge in [0.15, 0.2) is 11.5 Å². The van der Waals surface area contributed by atoms with Crippen LogP contribution in [0.15, 0.2) is 18.2 Å². The van der Waals surface area contributed by atoms with Crippen LogP contribution in [0.2, 0.25) is 0 Å². The number of carbonyl (C=O) groups excluding carboxylic acids is 1. The number of ether oxygens (including phenoxy) is 5. The lowest BCUT2D eigenvalue weighted by Gasteiger charge is -2.24. The van der Waals surface area contributed by atoms with Crippen molar-refractivity contribution in [2.75, 3.05) is 33.5 Å². The maximum Gasteiger partial charge on any atom is 0.249 e. The molecule has 1 N–H and O–H groups in total. The summed E-state index contributed by atoms with van der Waals surface area (Å²) >= 11 is 0. The number of rotatable bonds is 10. The third kappa shape index (κ3) is 6.87. The van der Waals surface area contributed by atoms with Crippen LogP contribution in [0.3, 0.4) is 0 Å². The average molecular weight is 408 g/mol. The first-order chi connectivity index (χ1) is 14.2. The summed E-state index contributed by atoms with van der Waals surface area (Å²) in [7, 11) is 1.61. The van der Waals surface area contributed by atoms with E-state index in [1.807, 2.05) is 18.2 Å². The van der Waals surface area contributed by atoms with Crippen molar-refractivity contribution in [1.82, 2.24) is 5.32 Å². The smallest absolute Gasteiger partial charge is 0.249 e. The summed E-state index contributed by atoms with van der Waals surface area (Å²) in [4.78, 5) is 12.3. The summed E-state index contributed by atoms with van der Waals surface area (Å²) in [5.74, 6) is 1.19. The fourth-order valence-corrected chi connectivity index (χ4v) is 3.50. The van der Waals surface area contributed by atoms with Crippen molar-refractivity contribution in [3.63, 3.8) is 0 Å². The van der Waals surface area contributed by atoms with Gasteiger partial charge in [-0.25, -0.2) is 0 Å².